The standard InChI is InChI=1S/C12H14Br2N2OS2/c1-7-6-18-12(16-7)10(15-3-4-17-2)9-5-8(13)11(14)19-9/h5-6,10,15H,3-4H2,1-2H3. The second-order valence-corrected chi connectivity index (χ2v) is 8.12. The summed E-state index contributed by atoms with van der Waals surface area (Å²) in [6, 6.07) is 2.26. The zero-order chi connectivity index (χ0) is 13.8. The van der Waals surface area contributed by atoms with Crippen molar-refractivity contribution >= 4 is 54.5 Å². The van der Waals surface area contributed by atoms with Crippen LogP contribution in [0.4, 0.5) is 0 Å². The van der Waals surface area contributed by atoms with Crippen LogP contribution in [0.2, 0.25) is 0 Å². The molecule has 0 aliphatic carbocycles. The Hall–Kier alpha value is 0.210. The normalized spacial score (nSPS) is 12.8. The summed E-state index contributed by atoms with van der Waals surface area (Å²) < 4.78 is 7.29. The molecule has 0 spiro atoms. The zero-order valence-electron chi connectivity index (χ0n) is 10.6. The minimum atomic E-state index is 0.126. The molecule has 0 saturated heterocycles. The molecule has 104 valence electrons. The second kappa shape index (κ2) is 7.28. The van der Waals surface area contributed by atoms with Gasteiger partial charge in [0.2, 0.25) is 0 Å². The van der Waals surface area contributed by atoms with E-state index in [1.807, 2.05) is 6.92 Å². The summed E-state index contributed by atoms with van der Waals surface area (Å²) in [7, 11) is 1.71. The van der Waals surface area contributed by atoms with Gasteiger partial charge in [-0.05, 0) is 44.8 Å². The highest BCUT2D eigenvalue weighted by atomic mass is 79.9. The van der Waals surface area contributed by atoms with Crippen molar-refractivity contribution in [3.8, 4) is 0 Å². The first-order valence-electron chi connectivity index (χ1n) is 5.71. The second-order valence-electron chi connectivity index (χ2n) is 3.98. The quantitative estimate of drug-likeness (QED) is 0.698. The predicted molar refractivity (Wildman–Crippen MR) is 88.3 cm³/mol. The molecule has 0 amide bonds. The molecule has 0 aliphatic rings. The molecular weight excluding hydrogens is 412 g/mol. The Morgan fingerprint density at radius 3 is 2.79 bits per heavy atom. The maximum Gasteiger partial charge on any atom is 0.115 e. The molecule has 7 heteroatoms. The van der Waals surface area contributed by atoms with E-state index in [-0.39, 0.29) is 6.04 Å². The molecule has 0 bridgehead atoms. The van der Waals surface area contributed by atoms with E-state index < -0.39 is 0 Å². The third-order valence-electron chi connectivity index (χ3n) is 2.49. The molecule has 2 heterocycles. The van der Waals surface area contributed by atoms with Gasteiger partial charge in [0.15, 0.2) is 0 Å². The fourth-order valence-electron chi connectivity index (χ4n) is 1.63. The maximum atomic E-state index is 5.10. The number of hydrogen-bond donors (Lipinski definition) is 1. The third kappa shape index (κ3) is 4.09. The predicted octanol–water partition coefficient (Wildman–Crippen LogP) is 4.36. The van der Waals surface area contributed by atoms with Gasteiger partial charge in [0.25, 0.3) is 0 Å². The average Bonchev–Trinajstić information content (AvgIpc) is 2.93. The Bertz CT molecular complexity index is 522. The van der Waals surface area contributed by atoms with Gasteiger partial charge in [-0.15, -0.1) is 22.7 Å². The average molecular weight is 426 g/mol. The summed E-state index contributed by atoms with van der Waals surface area (Å²) in [6.45, 7) is 3.51. The van der Waals surface area contributed by atoms with Crippen molar-refractivity contribution in [3.63, 3.8) is 0 Å². The van der Waals surface area contributed by atoms with Gasteiger partial charge >= 0.3 is 0 Å². The number of aromatic nitrogens is 1. The molecule has 3 nitrogen and oxygen atoms in total. The number of thiophene rings is 1. The molecule has 1 N–H and O–H groups in total. The Balaban J connectivity index is 2.23. The van der Waals surface area contributed by atoms with E-state index in [2.05, 4.69) is 53.6 Å². The first kappa shape index (κ1) is 15.6. The van der Waals surface area contributed by atoms with E-state index in [1.54, 1.807) is 29.8 Å². The fraction of sp³-hybridized carbons (Fsp3) is 0.417. The number of nitrogens with zero attached hydrogens (tertiary/aromatic N) is 1. The molecule has 1 atom stereocenters. The molecule has 19 heavy (non-hydrogen) atoms. The Kier molecular flexibility index (Phi) is 5.98. The van der Waals surface area contributed by atoms with E-state index >= 15 is 0 Å². The molecular formula is C12H14Br2N2OS2. The Labute approximate surface area is 137 Å². The van der Waals surface area contributed by atoms with Crippen molar-refractivity contribution < 1.29 is 4.74 Å². The summed E-state index contributed by atoms with van der Waals surface area (Å²) >= 11 is 10.5. The van der Waals surface area contributed by atoms with Crippen LogP contribution in [0.1, 0.15) is 21.6 Å². The number of rotatable bonds is 6. The number of ether oxygens (including phenoxy) is 1. The molecule has 0 saturated carbocycles. The summed E-state index contributed by atoms with van der Waals surface area (Å²) in [6.07, 6.45) is 0. The Morgan fingerprint density at radius 2 is 2.26 bits per heavy atom. The van der Waals surface area contributed by atoms with Gasteiger partial charge < -0.3 is 10.1 Å². The molecule has 1 unspecified atom stereocenters. The zero-order valence-corrected chi connectivity index (χ0v) is 15.4. The summed E-state index contributed by atoms with van der Waals surface area (Å²) in [5.74, 6) is 0. The number of thiazole rings is 1. The fourth-order valence-corrected chi connectivity index (χ4v) is 4.76. The molecule has 2 aromatic rings. The summed E-state index contributed by atoms with van der Waals surface area (Å²) in [5, 5.41) is 6.67. The molecule has 0 radical (unpaired) electrons. The monoisotopic (exact) mass is 424 g/mol. The van der Waals surface area contributed by atoms with E-state index in [0.717, 1.165) is 25.5 Å². The van der Waals surface area contributed by atoms with E-state index in [0.29, 0.717) is 6.61 Å². The van der Waals surface area contributed by atoms with Crippen molar-refractivity contribution in [3.05, 3.63) is 35.3 Å². The molecule has 2 aromatic heterocycles. The highest BCUT2D eigenvalue weighted by Crippen LogP contribution is 2.38. The summed E-state index contributed by atoms with van der Waals surface area (Å²) in [5.41, 5.74) is 1.06. The van der Waals surface area contributed by atoms with Crippen molar-refractivity contribution in [2.75, 3.05) is 20.3 Å². The maximum absolute atomic E-state index is 5.10. The number of methoxy groups -OCH3 is 1. The van der Waals surface area contributed by atoms with Crippen LogP contribution in [0.3, 0.4) is 0 Å². The van der Waals surface area contributed by atoms with Crippen molar-refractivity contribution in [2.24, 2.45) is 0 Å². The van der Waals surface area contributed by atoms with Gasteiger partial charge in [-0.3, -0.25) is 0 Å². The van der Waals surface area contributed by atoms with Gasteiger partial charge in [-0.1, -0.05) is 0 Å². The molecule has 2 rings (SSSR count). The highest BCUT2D eigenvalue weighted by molar-refractivity contribution is 9.13. The lowest BCUT2D eigenvalue weighted by Crippen LogP contribution is -2.25. The van der Waals surface area contributed by atoms with Crippen LogP contribution in [-0.4, -0.2) is 25.2 Å². The Morgan fingerprint density at radius 1 is 1.47 bits per heavy atom. The van der Waals surface area contributed by atoms with Crippen molar-refractivity contribution in [1.29, 1.82) is 0 Å². The van der Waals surface area contributed by atoms with Crippen molar-refractivity contribution in [2.45, 2.75) is 13.0 Å². The van der Waals surface area contributed by atoms with Crippen LogP contribution in [0.15, 0.2) is 19.7 Å². The van der Waals surface area contributed by atoms with E-state index in [9.17, 15) is 0 Å². The number of aryl methyl sites for hydroxylation is 1. The minimum Gasteiger partial charge on any atom is -0.383 e. The number of nitrogens with one attached hydrogen (secondary N) is 1. The SMILES string of the molecule is COCCNC(c1cc(Br)c(Br)s1)c1nc(C)cs1. The van der Waals surface area contributed by atoms with E-state index in [4.69, 9.17) is 4.74 Å². The van der Waals surface area contributed by atoms with Crippen LogP contribution < -0.4 is 5.32 Å². The molecule has 0 aliphatic heterocycles. The lowest BCUT2D eigenvalue weighted by Gasteiger charge is -2.14. The van der Waals surface area contributed by atoms with Gasteiger partial charge in [0.1, 0.15) is 5.01 Å². The smallest absolute Gasteiger partial charge is 0.115 e. The van der Waals surface area contributed by atoms with E-state index in [1.165, 1.54) is 4.88 Å². The van der Waals surface area contributed by atoms with Gasteiger partial charge in [0.05, 0.1) is 16.4 Å². The minimum absolute atomic E-state index is 0.126. The van der Waals surface area contributed by atoms with Gasteiger partial charge in [0, 0.05) is 34.1 Å². The van der Waals surface area contributed by atoms with Crippen LogP contribution in [0.5, 0.6) is 0 Å². The topological polar surface area (TPSA) is 34.1 Å². The third-order valence-corrected chi connectivity index (χ3v) is 6.84. The van der Waals surface area contributed by atoms with Crippen LogP contribution in [0.25, 0.3) is 0 Å². The largest absolute Gasteiger partial charge is 0.383 e. The number of halogens is 2. The summed E-state index contributed by atoms with van der Waals surface area (Å²) in [4.78, 5) is 5.84. The highest BCUT2D eigenvalue weighted by Gasteiger charge is 2.20. The van der Waals surface area contributed by atoms with Gasteiger partial charge in [-0.2, -0.15) is 0 Å². The molecule has 0 fully saturated rings. The van der Waals surface area contributed by atoms with Crippen molar-refractivity contribution in [1.82, 2.24) is 10.3 Å². The first-order chi connectivity index (χ1) is 9.11. The van der Waals surface area contributed by atoms with Gasteiger partial charge in [-0.25, -0.2) is 4.98 Å². The lowest BCUT2D eigenvalue weighted by molar-refractivity contribution is 0.197. The van der Waals surface area contributed by atoms with Crippen LogP contribution >= 0.6 is 54.5 Å². The van der Waals surface area contributed by atoms with Crippen LogP contribution in [0, 0.1) is 6.92 Å². The van der Waals surface area contributed by atoms with Crippen LogP contribution in [-0.2, 0) is 4.74 Å². The molecule has 0 aromatic carbocycles. The first-order valence-corrected chi connectivity index (χ1v) is 8.99. The lowest BCUT2D eigenvalue weighted by atomic mass is 10.2. The number of hydrogen-bond acceptors (Lipinski definition) is 5.